The first-order valence-electron chi connectivity index (χ1n) is 7.82. The van der Waals surface area contributed by atoms with Crippen LogP contribution in [0.4, 0.5) is 0 Å². The normalized spacial score (nSPS) is 24.2. The van der Waals surface area contributed by atoms with Crippen molar-refractivity contribution in [3.8, 4) is 0 Å². The quantitative estimate of drug-likeness (QED) is 0.907. The first-order chi connectivity index (χ1) is 9.60. The molecule has 1 N–H and O–H groups in total. The minimum atomic E-state index is 0.542. The molecule has 5 heteroatoms. The molecule has 0 saturated carbocycles. The number of hydrogen-bond acceptors (Lipinski definition) is 3. The van der Waals surface area contributed by atoms with E-state index >= 15 is 0 Å². The molecule has 114 valence electrons. The minimum Gasteiger partial charge on any atom is -0.311 e. The smallest absolute Gasteiger partial charge is 0.0863 e. The second-order valence-corrected chi connectivity index (χ2v) is 6.06. The summed E-state index contributed by atoms with van der Waals surface area (Å²) in [5, 5.41) is 9.06. The van der Waals surface area contributed by atoms with Gasteiger partial charge in [-0.1, -0.05) is 25.4 Å². The molecule has 0 amide bonds. The molecule has 0 radical (unpaired) electrons. The standard InChI is InChI=1S/C15H27ClN4/c1-5-12-8-17-11(4)9-19(12)10-14-15(16)13(6-2)18-20(14)7-3/h11-12,17H,5-10H2,1-4H3. The summed E-state index contributed by atoms with van der Waals surface area (Å²) in [7, 11) is 0. The van der Waals surface area contributed by atoms with Gasteiger partial charge in [0.05, 0.1) is 16.4 Å². The Morgan fingerprint density at radius 3 is 2.70 bits per heavy atom. The van der Waals surface area contributed by atoms with Crippen LogP contribution in [0.1, 0.15) is 45.5 Å². The third kappa shape index (κ3) is 3.18. The fourth-order valence-electron chi connectivity index (χ4n) is 2.99. The van der Waals surface area contributed by atoms with Crippen molar-refractivity contribution in [1.82, 2.24) is 20.0 Å². The molecule has 2 atom stereocenters. The van der Waals surface area contributed by atoms with Gasteiger partial charge in [0.2, 0.25) is 0 Å². The van der Waals surface area contributed by atoms with Crippen molar-refractivity contribution < 1.29 is 0 Å². The van der Waals surface area contributed by atoms with E-state index in [1.165, 1.54) is 5.69 Å². The van der Waals surface area contributed by atoms with Gasteiger partial charge in [-0.25, -0.2) is 0 Å². The van der Waals surface area contributed by atoms with Crippen molar-refractivity contribution in [1.29, 1.82) is 0 Å². The molecule has 0 aromatic carbocycles. The van der Waals surface area contributed by atoms with E-state index in [1.807, 2.05) is 0 Å². The Morgan fingerprint density at radius 1 is 1.35 bits per heavy atom. The van der Waals surface area contributed by atoms with Crippen LogP contribution in [0.3, 0.4) is 0 Å². The van der Waals surface area contributed by atoms with Gasteiger partial charge in [0, 0.05) is 38.3 Å². The van der Waals surface area contributed by atoms with E-state index in [-0.39, 0.29) is 0 Å². The second-order valence-electron chi connectivity index (χ2n) is 5.68. The summed E-state index contributed by atoms with van der Waals surface area (Å²) in [4.78, 5) is 2.55. The molecule has 4 nitrogen and oxygen atoms in total. The van der Waals surface area contributed by atoms with Gasteiger partial charge in [0.15, 0.2) is 0 Å². The van der Waals surface area contributed by atoms with Crippen LogP contribution in [0.15, 0.2) is 0 Å². The van der Waals surface area contributed by atoms with E-state index in [9.17, 15) is 0 Å². The van der Waals surface area contributed by atoms with Crippen molar-refractivity contribution in [2.45, 2.75) is 65.7 Å². The zero-order chi connectivity index (χ0) is 14.7. The van der Waals surface area contributed by atoms with Crippen LogP contribution in [0.25, 0.3) is 0 Å². The zero-order valence-electron chi connectivity index (χ0n) is 13.1. The largest absolute Gasteiger partial charge is 0.311 e. The highest BCUT2D eigenvalue weighted by Crippen LogP contribution is 2.25. The Bertz CT molecular complexity index is 443. The van der Waals surface area contributed by atoms with Gasteiger partial charge >= 0.3 is 0 Å². The van der Waals surface area contributed by atoms with Crippen LogP contribution in [0.5, 0.6) is 0 Å². The summed E-state index contributed by atoms with van der Waals surface area (Å²) in [6, 6.07) is 1.13. The number of halogens is 1. The van der Waals surface area contributed by atoms with E-state index < -0.39 is 0 Å². The summed E-state index contributed by atoms with van der Waals surface area (Å²) in [6.45, 7) is 12.7. The maximum atomic E-state index is 6.53. The van der Waals surface area contributed by atoms with E-state index in [4.69, 9.17) is 11.6 Å². The molecule has 2 rings (SSSR count). The Kier molecular flexibility index (Phi) is 5.47. The van der Waals surface area contributed by atoms with Gasteiger partial charge in [-0.3, -0.25) is 9.58 Å². The average molecular weight is 299 g/mol. The fraction of sp³-hybridized carbons (Fsp3) is 0.800. The van der Waals surface area contributed by atoms with Crippen LogP contribution < -0.4 is 5.32 Å². The molecule has 0 spiro atoms. The summed E-state index contributed by atoms with van der Waals surface area (Å²) < 4.78 is 2.07. The number of nitrogens with zero attached hydrogens (tertiary/aromatic N) is 3. The first kappa shape index (κ1) is 15.8. The van der Waals surface area contributed by atoms with Gasteiger partial charge in [-0.05, 0) is 26.7 Å². The van der Waals surface area contributed by atoms with E-state index in [0.29, 0.717) is 12.1 Å². The summed E-state index contributed by atoms with van der Waals surface area (Å²) >= 11 is 6.53. The summed E-state index contributed by atoms with van der Waals surface area (Å²) in [5.41, 5.74) is 2.21. The lowest BCUT2D eigenvalue weighted by Crippen LogP contribution is -2.54. The number of nitrogens with one attached hydrogen (secondary N) is 1. The summed E-state index contributed by atoms with van der Waals surface area (Å²) in [5.74, 6) is 0. The van der Waals surface area contributed by atoms with Gasteiger partial charge in [0.1, 0.15) is 0 Å². The molecular weight excluding hydrogens is 272 g/mol. The molecule has 1 fully saturated rings. The zero-order valence-corrected chi connectivity index (χ0v) is 13.9. The maximum absolute atomic E-state index is 6.53. The third-order valence-electron chi connectivity index (χ3n) is 4.24. The first-order valence-corrected chi connectivity index (χ1v) is 8.19. The van der Waals surface area contributed by atoms with Crippen LogP contribution in [-0.2, 0) is 19.5 Å². The van der Waals surface area contributed by atoms with Crippen molar-refractivity contribution in [2.24, 2.45) is 0 Å². The minimum absolute atomic E-state index is 0.542. The number of rotatable bonds is 5. The molecule has 0 bridgehead atoms. The molecule has 1 aliphatic rings. The van der Waals surface area contributed by atoms with Crippen molar-refractivity contribution in [3.05, 3.63) is 16.4 Å². The van der Waals surface area contributed by atoms with Gasteiger partial charge < -0.3 is 5.32 Å². The Hall–Kier alpha value is -0.580. The topological polar surface area (TPSA) is 33.1 Å². The SMILES string of the molecule is CCc1nn(CC)c(CN2CC(C)NCC2CC)c1Cl. The fourth-order valence-corrected chi connectivity index (χ4v) is 3.32. The summed E-state index contributed by atoms with van der Waals surface area (Å²) in [6.07, 6.45) is 2.06. The molecule has 2 unspecified atom stereocenters. The Morgan fingerprint density at radius 2 is 2.10 bits per heavy atom. The van der Waals surface area contributed by atoms with Gasteiger partial charge in [0.25, 0.3) is 0 Å². The van der Waals surface area contributed by atoms with E-state index in [0.717, 1.165) is 49.7 Å². The van der Waals surface area contributed by atoms with Gasteiger partial charge in [-0.15, -0.1) is 0 Å². The average Bonchev–Trinajstić information content (AvgIpc) is 2.75. The van der Waals surface area contributed by atoms with Crippen molar-refractivity contribution in [2.75, 3.05) is 13.1 Å². The third-order valence-corrected chi connectivity index (χ3v) is 4.68. The molecule has 20 heavy (non-hydrogen) atoms. The Balaban J connectivity index is 2.21. The predicted octanol–water partition coefficient (Wildman–Crippen LogP) is 2.69. The monoisotopic (exact) mass is 298 g/mol. The highest BCUT2D eigenvalue weighted by Gasteiger charge is 2.26. The lowest BCUT2D eigenvalue weighted by molar-refractivity contribution is 0.121. The van der Waals surface area contributed by atoms with Crippen molar-refractivity contribution >= 4 is 11.6 Å². The predicted molar refractivity (Wildman–Crippen MR) is 84.2 cm³/mol. The molecule has 1 aromatic heterocycles. The highest BCUT2D eigenvalue weighted by atomic mass is 35.5. The molecule has 0 aliphatic carbocycles. The lowest BCUT2D eigenvalue weighted by Gasteiger charge is -2.39. The van der Waals surface area contributed by atoms with Crippen molar-refractivity contribution in [3.63, 3.8) is 0 Å². The van der Waals surface area contributed by atoms with Crippen LogP contribution in [0, 0.1) is 0 Å². The maximum Gasteiger partial charge on any atom is 0.0863 e. The molecule has 1 aliphatic heterocycles. The van der Waals surface area contributed by atoms with Crippen LogP contribution in [-0.4, -0.2) is 39.9 Å². The van der Waals surface area contributed by atoms with Crippen LogP contribution >= 0.6 is 11.6 Å². The number of hydrogen-bond donors (Lipinski definition) is 1. The molecule has 1 saturated heterocycles. The lowest BCUT2D eigenvalue weighted by atomic mass is 10.1. The van der Waals surface area contributed by atoms with E-state index in [2.05, 4.69) is 47.7 Å². The van der Waals surface area contributed by atoms with Crippen LogP contribution in [0.2, 0.25) is 5.02 Å². The van der Waals surface area contributed by atoms with Gasteiger partial charge in [-0.2, -0.15) is 5.10 Å². The Labute approximate surface area is 127 Å². The molecular formula is C15H27ClN4. The molecule has 1 aromatic rings. The van der Waals surface area contributed by atoms with E-state index in [1.54, 1.807) is 0 Å². The number of piperazine rings is 1. The number of aryl methyl sites for hydroxylation is 2. The molecule has 2 heterocycles. The number of aromatic nitrogens is 2. The highest BCUT2D eigenvalue weighted by molar-refractivity contribution is 6.31. The second kappa shape index (κ2) is 6.92.